The number of benzene rings is 1. The van der Waals surface area contributed by atoms with Crippen molar-refractivity contribution in [1.82, 2.24) is 14.8 Å². The van der Waals surface area contributed by atoms with Crippen molar-refractivity contribution in [2.24, 2.45) is 0 Å². The van der Waals surface area contributed by atoms with Crippen molar-refractivity contribution in [3.05, 3.63) is 64.5 Å². The molecule has 0 spiro atoms. The maximum absolute atomic E-state index is 12.9. The Kier molecular flexibility index (Phi) is 9.39. The lowest BCUT2D eigenvalue weighted by molar-refractivity contribution is -0.384. The van der Waals surface area contributed by atoms with Crippen LogP contribution in [0.5, 0.6) is 0 Å². The highest BCUT2D eigenvalue weighted by molar-refractivity contribution is 5.76. The average Bonchev–Trinajstić information content (AvgIpc) is 2.82. The molecule has 9 heteroatoms. The van der Waals surface area contributed by atoms with Crippen LogP contribution in [0.4, 0.5) is 11.4 Å². The van der Waals surface area contributed by atoms with Crippen LogP contribution in [0.25, 0.3) is 0 Å². The van der Waals surface area contributed by atoms with Crippen molar-refractivity contribution in [3.63, 3.8) is 0 Å². The summed E-state index contributed by atoms with van der Waals surface area (Å²) in [4.78, 5) is 31.6. The molecule has 1 aromatic heterocycles. The van der Waals surface area contributed by atoms with Crippen LogP contribution in [0.15, 0.2) is 48.8 Å². The number of nitrogens with zero attached hydrogens (tertiary/aromatic N) is 4. The molecule has 1 N–H and O–H groups in total. The van der Waals surface area contributed by atoms with Gasteiger partial charge < -0.3 is 15.0 Å². The molecule has 0 atom stereocenters. The van der Waals surface area contributed by atoms with E-state index in [-0.39, 0.29) is 11.6 Å². The molecule has 2 aromatic rings. The van der Waals surface area contributed by atoms with E-state index in [1.165, 1.54) is 12.1 Å². The van der Waals surface area contributed by atoms with Gasteiger partial charge >= 0.3 is 0 Å². The molecule has 9 nitrogen and oxygen atoms in total. The standard InChI is InChI=1S/C23H31N5O4/c29-23(3-1-10-25-21-4-6-22(7-5-21)28(30)31)27(19-20-8-11-24-12-9-20)14-2-13-26-15-17-32-18-16-26/h4-9,11-12,25H,1-3,10,13-19H2. The lowest BCUT2D eigenvalue weighted by Gasteiger charge is -2.28. The number of non-ortho nitro benzene ring substituents is 1. The van der Waals surface area contributed by atoms with Crippen LogP contribution in [-0.4, -0.2) is 71.6 Å². The molecule has 1 aromatic carbocycles. The maximum Gasteiger partial charge on any atom is 0.269 e. The Morgan fingerprint density at radius 3 is 2.53 bits per heavy atom. The highest BCUT2D eigenvalue weighted by Gasteiger charge is 2.16. The third-order valence-electron chi connectivity index (χ3n) is 5.46. The minimum Gasteiger partial charge on any atom is -0.385 e. The molecule has 0 saturated carbocycles. The third kappa shape index (κ3) is 7.90. The van der Waals surface area contributed by atoms with E-state index in [1.54, 1.807) is 24.5 Å². The van der Waals surface area contributed by atoms with Crippen LogP contribution in [0.2, 0.25) is 0 Å². The molecule has 1 aliphatic rings. The summed E-state index contributed by atoms with van der Waals surface area (Å²) in [5.41, 5.74) is 1.94. The molecule has 0 bridgehead atoms. The van der Waals surface area contributed by atoms with Gasteiger partial charge in [-0.2, -0.15) is 0 Å². The van der Waals surface area contributed by atoms with Crippen LogP contribution in [0.3, 0.4) is 0 Å². The van der Waals surface area contributed by atoms with Gasteiger partial charge in [-0.15, -0.1) is 0 Å². The molecule has 32 heavy (non-hydrogen) atoms. The molecule has 2 heterocycles. The van der Waals surface area contributed by atoms with Crippen molar-refractivity contribution in [2.75, 3.05) is 51.3 Å². The summed E-state index contributed by atoms with van der Waals surface area (Å²) < 4.78 is 5.40. The van der Waals surface area contributed by atoms with E-state index in [1.807, 2.05) is 17.0 Å². The number of nitrogens with one attached hydrogen (secondary N) is 1. The number of rotatable bonds is 12. The fourth-order valence-electron chi connectivity index (χ4n) is 3.64. The number of carbonyl (C=O) groups excluding carboxylic acids is 1. The Hall–Kier alpha value is -3.04. The quantitative estimate of drug-likeness (QED) is 0.307. The van der Waals surface area contributed by atoms with E-state index in [2.05, 4.69) is 15.2 Å². The number of aromatic nitrogens is 1. The number of amides is 1. The first kappa shape index (κ1) is 23.6. The number of carbonyl (C=O) groups is 1. The summed E-state index contributed by atoms with van der Waals surface area (Å²) in [5.74, 6) is 0.134. The first-order chi connectivity index (χ1) is 15.6. The molecule has 0 unspecified atom stereocenters. The first-order valence-corrected chi connectivity index (χ1v) is 11.1. The monoisotopic (exact) mass is 441 g/mol. The van der Waals surface area contributed by atoms with Crippen molar-refractivity contribution in [2.45, 2.75) is 25.8 Å². The second kappa shape index (κ2) is 12.7. The zero-order chi connectivity index (χ0) is 22.6. The second-order valence-electron chi connectivity index (χ2n) is 7.81. The number of ether oxygens (including phenoxy) is 1. The number of nitro benzene ring substituents is 1. The Balaban J connectivity index is 1.45. The molecule has 1 aliphatic heterocycles. The normalized spacial score (nSPS) is 14.1. The van der Waals surface area contributed by atoms with Crippen molar-refractivity contribution in [1.29, 1.82) is 0 Å². The third-order valence-corrected chi connectivity index (χ3v) is 5.46. The smallest absolute Gasteiger partial charge is 0.269 e. The second-order valence-corrected chi connectivity index (χ2v) is 7.81. The fraction of sp³-hybridized carbons (Fsp3) is 0.478. The van der Waals surface area contributed by atoms with Crippen LogP contribution in [0, 0.1) is 10.1 Å². The van der Waals surface area contributed by atoms with Gasteiger partial charge in [0.2, 0.25) is 5.91 Å². The summed E-state index contributed by atoms with van der Waals surface area (Å²) in [7, 11) is 0. The lowest BCUT2D eigenvalue weighted by atomic mass is 10.2. The van der Waals surface area contributed by atoms with E-state index >= 15 is 0 Å². The number of anilines is 1. The predicted molar refractivity (Wildman–Crippen MR) is 122 cm³/mol. The average molecular weight is 442 g/mol. The number of pyridine rings is 1. The van der Waals surface area contributed by atoms with Gasteiger partial charge in [0, 0.05) is 75.9 Å². The zero-order valence-electron chi connectivity index (χ0n) is 18.3. The summed E-state index contributed by atoms with van der Waals surface area (Å²) in [5, 5.41) is 14.0. The highest BCUT2D eigenvalue weighted by atomic mass is 16.6. The Bertz CT molecular complexity index is 841. The van der Waals surface area contributed by atoms with Gasteiger partial charge in [0.05, 0.1) is 18.1 Å². The van der Waals surface area contributed by atoms with Gasteiger partial charge in [-0.05, 0) is 42.7 Å². The largest absolute Gasteiger partial charge is 0.385 e. The highest BCUT2D eigenvalue weighted by Crippen LogP contribution is 2.15. The molecular formula is C23H31N5O4. The van der Waals surface area contributed by atoms with Crippen LogP contribution in [0.1, 0.15) is 24.8 Å². The van der Waals surface area contributed by atoms with Gasteiger partial charge in [0.25, 0.3) is 5.69 Å². The van der Waals surface area contributed by atoms with Crippen molar-refractivity contribution in [3.8, 4) is 0 Å². The van der Waals surface area contributed by atoms with Crippen molar-refractivity contribution < 1.29 is 14.5 Å². The number of nitro groups is 1. The molecule has 0 aliphatic carbocycles. The van der Waals surface area contributed by atoms with E-state index < -0.39 is 4.92 Å². The number of morpholine rings is 1. The summed E-state index contributed by atoms with van der Waals surface area (Å²) >= 11 is 0. The topological polar surface area (TPSA) is 101 Å². The molecule has 172 valence electrons. The zero-order valence-corrected chi connectivity index (χ0v) is 18.3. The molecule has 0 radical (unpaired) electrons. The van der Waals surface area contributed by atoms with E-state index in [0.29, 0.717) is 32.5 Å². The Morgan fingerprint density at radius 1 is 1.12 bits per heavy atom. The summed E-state index contributed by atoms with van der Waals surface area (Å²) in [6.07, 6.45) is 5.56. The molecule has 1 fully saturated rings. The lowest BCUT2D eigenvalue weighted by Crippen LogP contribution is -2.39. The predicted octanol–water partition coefficient (Wildman–Crippen LogP) is 2.93. The summed E-state index contributed by atoms with van der Waals surface area (Å²) in [6.45, 7) is 6.35. The Labute approximate surface area is 188 Å². The number of hydrogen-bond donors (Lipinski definition) is 1. The van der Waals surface area contributed by atoms with Gasteiger partial charge in [-0.25, -0.2) is 0 Å². The SMILES string of the molecule is O=C(CCCNc1ccc([N+](=O)[O-])cc1)N(CCCN1CCOCC1)Cc1ccncc1. The van der Waals surface area contributed by atoms with Gasteiger partial charge in [0.1, 0.15) is 0 Å². The minimum atomic E-state index is -0.418. The van der Waals surface area contributed by atoms with Gasteiger partial charge in [-0.3, -0.25) is 24.8 Å². The van der Waals surface area contributed by atoms with Crippen LogP contribution >= 0.6 is 0 Å². The fourth-order valence-corrected chi connectivity index (χ4v) is 3.64. The van der Waals surface area contributed by atoms with E-state index in [0.717, 1.165) is 50.5 Å². The van der Waals surface area contributed by atoms with Crippen LogP contribution in [-0.2, 0) is 16.1 Å². The first-order valence-electron chi connectivity index (χ1n) is 11.1. The molecular weight excluding hydrogens is 410 g/mol. The van der Waals surface area contributed by atoms with E-state index in [4.69, 9.17) is 4.74 Å². The Morgan fingerprint density at radius 2 is 1.84 bits per heavy atom. The molecule has 1 amide bonds. The van der Waals surface area contributed by atoms with Crippen LogP contribution < -0.4 is 5.32 Å². The molecule has 1 saturated heterocycles. The molecule has 3 rings (SSSR count). The van der Waals surface area contributed by atoms with Crippen molar-refractivity contribution >= 4 is 17.3 Å². The van der Waals surface area contributed by atoms with Gasteiger partial charge in [0.15, 0.2) is 0 Å². The number of hydrogen-bond acceptors (Lipinski definition) is 7. The maximum atomic E-state index is 12.9. The summed E-state index contributed by atoms with van der Waals surface area (Å²) in [6, 6.07) is 10.2. The minimum absolute atomic E-state index is 0.0644. The van der Waals surface area contributed by atoms with E-state index in [9.17, 15) is 14.9 Å². The van der Waals surface area contributed by atoms with Gasteiger partial charge in [-0.1, -0.05) is 0 Å².